The first-order valence-corrected chi connectivity index (χ1v) is 9.52. The highest BCUT2D eigenvalue weighted by atomic mass is 127. The second-order valence-corrected chi connectivity index (χ2v) is 7.48. The van der Waals surface area contributed by atoms with Crippen molar-refractivity contribution in [3.05, 3.63) is 67.9 Å². The Labute approximate surface area is 179 Å². The molecule has 1 aliphatic rings. The molecule has 3 amide bonds. The van der Waals surface area contributed by atoms with Crippen LogP contribution in [0.4, 0.5) is 4.79 Å². The summed E-state index contributed by atoms with van der Waals surface area (Å²) >= 11 is 7.86. The van der Waals surface area contributed by atoms with E-state index in [0.717, 1.165) is 10.5 Å². The number of ether oxygens (including phenoxy) is 1. The van der Waals surface area contributed by atoms with Crippen LogP contribution in [0.25, 0.3) is 6.08 Å². The summed E-state index contributed by atoms with van der Waals surface area (Å²) in [5.74, 6) is -1.07. The third kappa shape index (κ3) is 4.82. The van der Waals surface area contributed by atoms with Gasteiger partial charge in [-0.1, -0.05) is 29.8 Å². The number of aliphatic carboxylic acids is 1. The number of urea groups is 1. The maximum atomic E-state index is 12.6. The Bertz CT molecular complexity index is 975. The van der Waals surface area contributed by atoms with Crippen molar-refractivity contribution in [3.8, 4) is 5.75 Å². The molecule has 1 aliphatic heterocycles. The van der Waals surface area contributed by atoms with E-state index < -0.39 is 24.5 Å². The van der Waals surface area contributed by atoms with Crippen LogP contribution >= 0.6 is 34.2 Å². The van der Waals surface area contributed by atoms with Gasteiger partial charge < -0.3 is 15.2 Å². The molecule has 3 rings (SSSR count). The summed E-state index contributed by atoms with van der Waals surface area (Å²) in [5.41, 5.74) is 1.61. The first-order valence-electron chi connectivity index (χ1n) is 8.06. The number of imide groups is 1. The van der Waals surface area contributed by atoms with Crippen molar-refractivity contribution >= 4 is 58.2 Å². The molecule has 0 atom stereocenters. The van der Waals surface area contributed by atoms with Crippen LogP contribution in [-0.2, 0) is 16.1 Å². The number of carboxylic acids is 1. The number of nitrogens with one attached hydrogen (secondary N) is 1. The fourth-order valence-electron chi connectivity index (χ4n) is 2.52. The molecule has 0 unspecified atom stereocenters. The van der Waals surface area contributed by atoms with Crippen LogP contribution < -0.4 is 10.1 Å². The van der Waals surface area contributed by atoms with E-state index in [1.165, 1.54) is 0 Å². The lowest BCUT2D eigenvalue weighted by Crippen LogP contribution is -2.30. The van der Waals surface area contributed by atoms with E-state index in [4.69, 9.17) is 21.4 Å². The number of halogens is 2. The van der Waals surface area contributed by atoms with Crippen LogP contribution in [0.5, 0.6) is 5.75 Å². The first kappa shape index (κ1) is 20.2. The van der Waals surface area contributed by atoms with Gasteiger partial charge in [0.1, 0.15) is 11.4 Å². The number of nitrogens with zero attached hydrogens (tertiary/aromatic N) is 1. The predicted octanol–water partition coefficient (Wildman–Crippen LogP) is 3.50. The van der Waals surface area contributed by atoms with Gasteiger partial charge in [-0.15, -0.1) is 0 Å². The second kappa shape index (κ2) is 8.61. The highest BCUT2D eigenvalue weighted by molar-refractivity contribution is 14.1. The van der Waals surface area contributed by atoms with Crippen molar-refractivity contribution in [2.24, 2.45) is 0 Å². The summed E-state index contributed by atoms with van der Waals surface area (Å²) in [6, 6.07) is 11.4. The molecule has 2 N–H and O–H groups in total. The number of carbonyl (C=O) groups excluding carboxylic acids is 2. The molecular formula is C19H14ClIN2O5. The van der Waals surface area contributed by atoms with Gasteiger partial charge in [0.15, 0.2) is 6.61 Å². The molecule has 28 heavy (non-hydrogen) atoms. The summed E-state index contributed by atoms with van der Waals surface area (Å²) in [7, 11) is 0. The summed E-state index contributed by atoms with van der Waals surface area (Å²) in [6.07, 6.45) is 1.56. The number of carboxylic acid groups (broad SMARTS) is 1. The predicted molar refractivity (Wildman–Crippen MR) is 111 cm³/mol. The average Bonchev–Trinajstić information content (AvgIpc) is 2.90. The molecule has 9 heteroatoms. The maximum Gasteiger partial charge on any atom is 0.341 e. The molecule has 0 radical (unpaired) electrons. The van der Waals surface area contributed by atoms with Gasteiger partial charge in [0.2, 0.25) is 0 Å². The van der Waals surface area contributed by atoms with Crippen molar-refractivity contribution in [1.82, 2.24) is 10.2 Å². The Kier molecular flexibility index (Phi) is 6.20. The van der Waals surface area contributed by atoms with Crippen molar-refractivity contribution in [3.63, 3.8) is 0 Å². The Morgan fingerprint density at radius 1 is 1.21 bits per heavy atom. The van der Waals surface area contributed by atoms with E-state index in [-0.39, 0.29) is 12.2 Å². The van der Waals surface area contributed by atoms with Gasteiger partial charge >= 0.3 is 12.0 Å². The number of carbonyl (C=O) groups is 3. The average molecular weight is 513 g/mol. The van der Waals surface area contributed by atoms with Crippen LogP contribution in [0.3, 0.4) is 0 Å². The summed E-state index contributed by atoms with van der Waals surface area (Å²) in [4.78, 5) is 36.5. The molecule has 2 aromatic rings. The standard InChI is InChI=1S/C19H14ClIN2O5/c20-13-4-1-11(2-5-13)9-23-18(26)15(22-19(23)27)8-12-3-6-16(14(21)7-12)28-10-17(24)25/h1-8H,9-10H2,(H,22,27)(H,24,25)/b15-8+. The topological polar surface area (TPSA) is 95.9 Å². The Morgan fingerprint density at radius 3 is 2.57 bits per heavy atom. The van der Waals surface area contributed by atoms with Crippen LogP contribution in [0.15, 0.2) is 48.2 Å². The van der Waals surface area contributed by atoms with Gasteiger partial charge in [0.25, 0.3) is 5.91 Å². The number of hydrogen-bond donors (Lipinski definition) is 2. The van der Waals surface area contributed by atoms with Gasteiger partial charge in [-0.2, -0.15) is 0 Å². The van der Waals surface area contributed by atoms with Crippen molar-refractivity contribution in [2.45, 2.75) is 6.54 Å². The third-order valence-corrected chi connectivity index (χ3v) is 4.93. The fraction of sp³-hybridized carbons (Fsp3) is 0.105. The van der Waals surface area contributed by atoms with Gasteiger partial charge in [-0.05, 0) is 64.1 Å². The van der Waals surface area contributed by atoms with Crippen molar-refractivity contribution < 1.29 is 24.2 Å². The minimum atomic E-state index is -1.07. The maximum absolute atomic E-state index is 12.6. The Morgan fingerprint density at radius 2 is 1.93 bits per heavy atom. The Hall–Kier alpha value is -2.59. The highest BCUT2D eigenvalue weighted by Gasteiger charge is 2.33. The quantitative estimate of drug-likeness (QED) is 0.351. The smallest absolute Gasteiger partial charge is 0.341 e. The monoisotopic (exact) mass is 512 g/mol. The zero-order chi connectivity index (χ0) is 20.3. The van der Waals surface area contributed by atoms with E-state index in [0.29, 0.717) is 19.9 Å². The van der Waals surface area contributed by atoms with E-state index in [9.17, 15) is 14.4 Å². The van der Waals surface area contributed by atoms with Crippen LogP contribution in [-0.4, -0.2) is 34.5 Å². The molecule has 1 saturated heterocycles. The largest absolute Gasteiger partial charge is 0.481 e. The number of rotatable bonds is 6. The van der Waals surface area contributed by atoms with Gasteiger partial charge in [0.05, 0.1) is 10.1 Å². The summed E-state index contributed by atoms with van der Waals surface area (Å²) in [5, 5.41) is 11.8. The summed E-state index contributed by atoms with van der Waals surface area (Å²) in [6.45, 7) is -0.302. The van der Waals surface area contributed by atoms with Gasteiger partial charge in [-0.25, -0.2) is 9.59 Å². The SMILES string of the molecule is O=C(O)COc1ccc(/C=C2/NC(=O)N(Cc3ccc(Cl)cc3)C2=O)cc1I. The normalized spacial score (nSPS) is 15.1. The molecule has 1 heterocycles. The minimum Gasteiger partial charge on any atom is -0.481 e. The minimum absolute atomic E-state index is 0.138. The van der Waals surface area contributed by atoms with E-state index in [1.807, 2.05) is 22.6 Å². The number of benzene rings is 2. The molecule has 0 aromatic heterocycles. The molecule has 0 spiro atoms. The molecule has 0 bridgehead atoms. The lowest BCUT2D eigenvalue weighted by atomic mass is 10.1. The molecular weight excluding hydrogens is 499 g/mol. The van der Waals surface area contributed by atoms with Crippen molar-refractivity contribution in [2.75, 3.05) is 6.61 Å². The van der Waals surface area contributed by atoms with E-state index >= 15 is 0 Å². The van der Waals surface area contributed by atoms with Crippen molar-refractivity contribution in [1.29, 1.82) is 0 Å². The van der Waals surface area contributed by atoms with Gasteiger partial charge in [0, 0.05) is 5.02 Å². The fourth-order valence-corrected chi connectivity index (χ4v) is 3.34. The highest BCUT2D eigenvalue weighted by Crippen LogP contribution is 2.24. The zero-order valence-electron chi connectivity index (χ0n) is 14.3. The summed E-state index contributed by atoms with van der Waals surface area (Å²) < 4.78 is 5.85. The Balaban J connectivity index is 1.75. The van der Waals surface area contributed by atoms with Gasteiger partial charge in [-0.3, -0.25) is 9.69 Å². The van der Waals surface area contributed by atoms with Crippen LogP contribution in [0, 0.1) is 3.57 Å². The lowest BCUT2D eigenvalue weighted by Gasteiger charge is -2.11. The zero-order valence-corrected chi connectivity index (χ0v) is 17.2. The third-order valence-electron chi connectivity index (χ3n) is 3.83. The molecule has 0 saturated carbocycles. The molecule has 0 aliphatic carbocycles. The van der Waals surface area contributed by atoms with E-state index in [1.54, 1.807) is 48.5 Å². The molecule has 144 valence electrons. The number of hydrogen-bond acceptors (Lipinski definition) is 4. The second-order valence-electron chi connectivity index (χ2n) is 5.88. The van der Waals surface area contributed by atoms with Crippen LogP contribution in [0.1, 0.15) is 11.1 Å². The molecule has 1 fully saturated rings. The van der Waals surface area contributed by atoms with E-state index in [2.05, 4.69) is 5.32 Å². The number of amides is 3. The first-order chi connectivity index (χ1) is 13.3. The van der Waals surface area contributed by atoms with Crippen LogP contribution in [0.2, 0.25) is 5.02 Å². The lowest BCUT2D eigenvalue weighted by molar-refractivity contribution is -0.139. The molecule has 7 nitrogen and oxygen atoms in total. The molecule has 2 aromatic carbocycles.